The summed E-state index contributed by atoms with van der Waals surface area (Å²) >= 11 is 7.01. The van der Waals surface area contributed by atoms with Crippen LogP contribution in [0.25, 0.3) is 16.9 Å². The van der Waals surface area contributed by atoms with Gasteiger partial charge in [-0.3, -0.25) is 9.59 Å². The van der Waals surface area contributed by atoms with E-state index in [1.807, 2.05) is 0 Å². The maximum Gasteiger partial charge on any atom is 0.433 e. The van der Waals surface area contributed by atoms with Gasteiger partial charge < -0.3 is 20.5 Å². The Morgan fingerprint density at radius 1 is 1.18 bits per heavy atom. The lowest BCUT2D eigenvalue weighted by Gasteiger charge is -2.11. The van der Waals surface area contributed by atoms with Crippen molar-refractivity contribution in [1.29, 1.82) is 0 Å². The van der Waals surface area contributed by atoms with E-state index in [0.717, 1.165) is 13.2 Å². The number of rotatable bonds is 6. The van der Waals surface area contributed by atoms with E-state index in [0.29, 0.717) is 27.2 Å². The van der Waals surface area contributed by atoms with Crippen LogP contribution in [0.2, 0.25) is 5.02 Å². The van der Waals surface area contributed by atoms with Crippen molar-refractivity contribution >= 4 is 51.4 Å². The van der Waals surface area contributed by atoms with E-state index >= 15 is 0 Å². The monoisotopic (exact) mass is 567 g/mol. The molecule has 10 nitrogen and oxygen atoms in total. The highest BCUT2D eigenvalue weighted by Gasteiger charge is 2.37. The van der Waals surface area contributed by atoms with Gasteiger partial charge in [0.15, 0.2) is 17.0 Å². The molecule has 0 aliphatic carbocycles. The summed E-state index contributed by atoms with van der Waals surface area (Å²) in [5.74, 6) is -2.39. The number of esters is 1. The van der Waals surface area contributed by atoms with Gasteiger partial charge in [-0.25, -0.2) is 14.3 Å². The van der Waals surface area contributed by atoms with Gasteiger partial charge in [-0.15, -0.1) is 11.3 Å². The number of carbonyl (C=O) groups excluding carboxylic acids is 3. The number of primary amides is 1. The fourth-order valence-electron chi connectivity index (χ4n) is 3.62. The number of methoxy groups -OCH3 is 2. The van der Waals surface area contributed by atoms with E-state index in [9.17, 15) is 27.6 Å². The molecule has 3 aromatic heterocycles. The largest absolute Gasteiger partial charge is 0.497 e. The van der Waals surface area contributed by atoms with Gasteiger partial charge in [-0.05, 0) is 30.7 Å². The quantitative estimate of drug-likeness (QED) is 0.325. The third kappa shape index (κ3) is 4.75. The molecule has 4 rings (SSSR count). The van der Waals surface area contributed by atoms with E-state index in [1.54, 1.807) is 12.1 Å². The van der Waals surface area contributed by atoms with E-state index < -0.39 is 46.0 Å². The van der Waals surface area contributed by atoms with Crippen LogP contribution in [0.5, 0.6) is 5.75 Å². The van der Waals surface area contributed by atoms with Crippen molar-refractivity contribution in [3.63, 3.8) is 0 Å². The summed E-state index contributed by atoms with van der Waals surface area (Å²) in [5, 5.41) is 5.53. The Labute approximate surface area is 221 Å². The number of carbonyl (C=O) groups is 3. The minimum Gasteiger partial charge on any atom is -0.497 e. The van der Waals surface area contributed by atoms with Crippen molar-refractivity contribution in [2.45, 2.75) is 13.1 Å². The van der Waals surface area contributed by atoms with Crippen LogP contribution < -0.4 is 15.8 Å². The highest BCUT2D eigenvalue weighted by atomic mass is 35.5. The molecule has 0 saturated carbocycles. The van der Waals surface area contributed by atoms with Crippen LogP contribution >= 0.6 is 22.9 Å². The number of aromatic nitrogens is 3. The normalized spacial score (nSPS) is 11.4. The molecule has 0 aliphatic heterocycles. The average molecular weight is 568 g/mol. The molecule has 0 aliphatic rings. The maximum absolute atomic E-state index is 14.0. The Bertz CT molecular complexity index is 1620. The molecule has 0 fully saturated rings. The first-order chi connectivity index (χ1) is 17.9. The highest BCUT2D eigenvalue weighted by molar-refractivity contribution is 7.18. The summed E-state index contributed by atoms with van der Waals surface area (Å²) in [4.78, 5) is 41.3. The predicted molar refractivity (Wildman–Crippen MR) is 132 cm³/mol. The molecule has 1 aromatic carbocycles. The van der Waals surface area contributed by atoms with Gasteiger partial charge in [-0.1, -0.05) is 23.7 Å². The van der Waals surface area contributed by atoms with E-state index in [2.05, 4.69) is 15.4 Å². The van der Waals surface area contributed by atoms with Gasteiger partial charge in [0.2, 0.25) is 0 Å². The molecular formula is C23H17ClF3N5O5S. The van der Waals surface area contributed by atoms with Crippen LogP contribution in [0.1, 0.15) is 41.8 Å². The SMILES string of the molecule is COC(=O)c1c(NC(=O)c2nn3c(C(F)(F)F)cc(-c4cccc(OC)c4)nc3c2Cl)sc(C(N)=O)c1C. The van der Waals surface area contributed by atoms with E-state index in [1.165, 1.54) is 26.2 Å². The summed E-state index contributed by atoms with van der Waals surface area (Å²) in [5.41, 5.74) is 3.30. The lowest BCUT2D eigenvalue weighted by molar-refractivity contribution is -0.142. The molecule has 0 unspecified atom stereocenters. The van der Waals surface area contributed by atoms with Crippen LogP contribution in [0.3, 0.4) is 0 Å². The molecular weight excluding hydrogens is 551 g/mol. The Morgan fingerprint density at radius 2 is 1.89 bits per heavy atom. The number of benzene rings is 1. The van der Waals surface area contributed by atoms with Crippen molar-refractivity contribution in [2.24, 2.45) is 5.73 Å². The minimum absolute atomic E-state index is 0.0225. The molecule has 38 heavy (non-hydrogen) atoms. The number of thiophene rings is 1. The molecule has 0 spiro atoms. The topological polar surface area (TPSA) is 138 Å². The van der Waals surface area contributed by atoms with Gasteiger partial charge >= 0.3 is 12.1 Å². The Balaban J connectivity index is 1.85. The second kappa shape index (κ2) is 9.95. The first-order valence-electron chi connectivity index (χ1n) is 10.5. The number of amides is 2. The van der Waals surface area contributed by atoms with Gasteiger partial charge in [-0.2, -0.15) is 18.3 Å². The molecule has 15 heteroatoms. The summed E-state index contributed by atoms with van der Waals surface area (Å²) in [6.07, 6.45) is -4.89. The number of nitrogens with two attached hydrogens (primary N) is 1. The van der Waals surface area contributed by atoms with Crippen molar-refractivity contribution in [3.8, 4) is 17.0 Å². The van der Waals surface area contributed by atoms with Crippen molar-refractivity contribution in [3.05, 3.63) is 62.7 Å². The molecule has 0 radical (unpaired) electrons. The van der Waals surface area contributed by atoms with Gasteiger partial charge in [0.25, 0.3) is 11.8 Å². The van der Waals surface area contributed by atoms with Crippen LogP contribution in [0.15, 0.2) is 30.3 Å². The van der Waals surface area contributed by atoms with Gasteiger partial charge in [0, 0.05) is 5.56 Å². The third-order valence-electron chi connectivity index (χ3n) is 5.39. The summed E-state index contributed by atoms with van der Waals surface area (Å²) in [7, 11) is 2.50. The van der Waals surface area contributed by atoms with Crippen LogP contribution in [0.4, 0.5) is 18.2 Å². The van der Waals surface area contributed by atoms with E-state index in [4.69, 9.17) is 26.8 Å². The molecule has 3 heterocycles. The number of anilines is 1. The predicted octanol–water partition coefficient (Wildman–Crippen LogP) is 4.58. The number of alkyl halides is 3. The highest BCUT2D eigenvalue weighted by Crippen LogP contribution is 2.37. The fraction of sp³-hybridized carbons (Fsp3) is 0.174. The summed E-state index contributed by atoms with van der Waals surface area (Å²) < 4.78 is 52.3. The van der Waals surface area contributed by atoms with Crippen LogP contribution in [0, 0.1) is 6.92 Å². The number of halogens is 4. The molecule has 0 bridgehead atoms. The average Bonchev–Trinajstić information content (AvgIpc) is 3.38. The lowest BCUT2D eigenvalue weighted by atomic mass is 10.1. The van der Waals surface area contributed by atoms with Gasteiger partial charge in [0.05, 0.1) is 30.4 Å². The molecule has 198 valence electrons. The smallest absolute Gasteiger partial charge is 0.433 e. The molecule has 4 aromatic rings. The maximum atomic E-state index is 14.0. The number of hydrogen-bond donors (Lipinski definition) is 2. The fourth-order valence-corrected chi connectivity index (χ4v) is 4.90. The molecule has 2 amide bonds. The second-order valence-corrected chi connectivity index (χ2v) is 9.12. The standard InChI is InChI=1S/C23H17ClF3N5O5S/c1-9-14(22(35)37-3)21(38-17(9)18(28)33)30-20(34)16-15(24)19-29-12(10-5-4-6-11(7-10)36-2)8-13(23(25,26)27)32(19)31-16/h4-8H,1-3H3,(H2,28,33)(H,30,34). The second-order valence-electron chi connectivity index (χ2n) is 7.72. The summed E-state index contributed by atoms with van der Waals surface area (Å²) in [6.45, 7) is 1.43. The molecule has 0 atom stereocenters. The first kappa shape index (κ1) is 26.9. The van der Waals surface area contributed by atoms with Crippen LogP contribution in [-0.4, -0.2) is 46.6 Å². The zero-order chi connectivity index (χ0) is 27.9. The number of fused-ring (bicyclic) bond motifs is 1. The minimum atomic E-state index is -4.89. The lowest BCUT2D eigenvalue weighted by Crippen LogP contribution is -2.16. The van der Waals surface area contributed by atoms with Crippen molar-refractivity contribution in [2.75, 3.05) is 19.5 Å². The van der Waals surface area contributed by atoms with Crippen molar-refractivity contribution < 1.29 is 37.0 Å². The van der Waals surface area contributed by atoms with Crippen molar-refractivity contribution in [1.82, 2.24) is 14.6 Å². The third-order valence-corrected chi connectivity index (χ3v) is 6.96. The molecule has 3 N–H and O–H groups in total. The zero-order valence-corrected chi connectivity index (χ0v) is 21.3. The molecule has 0 saturated heterocycles. The zero-order valence-electron chi connectivity index (χ0n) is 19.8. The Morgan fingerprint density at radius 3 is 2.50 bits per heavy atom. The number of hydrogen-bond acceptors (Lipinski definition) is 8. The number of nitrogens with one attached hydrogen (secondary N) is 1. The first-order valence-corrected chi connectivity index (χ1v) is 11.7. The summed E-state index contributed by atoms with van der Waals surface area (Å²) in [6, 6.07) is 6.97. The number of ether oxygens (including phenoxy) is 2. The number of nitrogens with zero attached hydrogens (tertiary/aromatic N) is 3. The van der Waals surface area contributed by atoms with E-state index in [-0.39, 0.29) is 26.7 Å². The van der Waals surface area contributed by atoms with Gasteiger partial charge in [0.1, 0.15) is 15.8 Å². The Hall–Kier alpha value is -4.17. The Kier molecular flexibility index (Phi) is 7.04. The van der Waals surface area contributed by atoms with Crippen LogP contribution in [-0.2, 0) is 10.9 Å².